The van der Waals surface area contributed by atoms with Crippen molar-refractivity contribution in [2.24, 2.45) is 0 Å². The first-order chi connectivity index (χ1) is 10.5. The average molecular weight is 323 g/mol. The predicted molar refractivity (Wildman–Crippen MR) is 82.2 cm³/mol. The molecule has 6 heteroatoms. The maximum atomic E-state index is 13.8. The minimum atomic E-state index is -3.77. The monoisotopic (exact) mass is 323 g/mol. The summed E-state index contributed by atoms with van der Waals surface area (Å²) in [7, 11) is -3.77. The largest absolute Gasteiger partial charge is 0.387 e. The van der Waals surface area contributed by atoms with Crippen LogP contribution < -0.4 is 4.72 Å². The van der Waals surface area contributed by atoms with E-state index >= 15 is 0 Å². The standard InChI is InChI=1S/C16H18FNO3S/c1-2-15(16(19)13-10-6-7-11-14(13)17)18-22(20,21)12-8-4-3-5-9-12/h3-11,15-16,18-19H,2H2,1H3/t15-,16-/m1/s1. The Hall–Kier alpha value is -1.76. The first-order valence-corrected chi connectivity index (χ1v) is 8.44. The summed E-state index contributed by atoms with van der Waals surface area (Å²) in [6, 6.07) is 12.8. The van der Waals surface area contributed by atoms with E-state index in [0.717, 1.165) is 0 Å². The molecule has 0 aromatic heterocycles. The molecule has 0 amide bonds. The summed E-state index contributed by atoms with van der Waals surface area (Å²) in [4.78, 5) is 0.106. The average Bonchev–Trinajstić information content (AvgIpc) is 2.53. The molecule has 0 saturated carbocycles. The Labute approximate surface area is 129 Å². The quantitative estimate of drug-likeness (QED) is 0.859. The predicted octanol–water partition coefficient (Wildman–Crippen LogP) is 2.62. The maximum absolute atomic E-state index is 13.8. The first-order valence-electron chi connectivity index (χ1n) is 6.95. The lowest BCUT2D eigenvalue weighted by Gasteiger charge is -2.23. The second-order valence-electron chi connectivity index (χ2n) is 4.92. The van der Waals surface area contributed by atoms with Crippen LogP contribution in [0.15, 0.2) is 59.5 Å². The zero-order valence-electron chi connectivity index (χ0n) is 12.1. The molecule has 2 rings (SSSR count). The Morgan fingerprint density at radius 1 is 1.09 bits per heavy atom. The topological polar surface area (TPSA) is 66.4 Å². The molecule has 4 nitrogen and oxygen atoms in total. The van der Waals surface area contributed by atoms with Crippen LogP contribution in [0.25, 0.3) is 0 Å². The van der Waals surface area contributed by atoms with Gasteiger partial charge in [0.05, 0.1) is 17.0 Å². The molecule has 0 saturated heterocycles. The van der Waals surface area contributed by atoms with Gasteiger partial charge in [-0.15, -0.1) is 0 Å². The minimum absolute atomic E-state index is 0.0742. The Morgan fingerprint density at radius 3 is 2.27 bits per heavy atom. The van der Waals surface area contributed by atoms with Crippen molar-refractivity contribution >= 4 is 10.0 Å². The van der Waals surface area contributed by atoms with Gasteiger partial charge in [0.2, 0.25) is 10.0 Å². The van der Waals surface area contributed by atoms with Crippen LogP contribution in [-0.4, -0.2) is 19.6 Å². The van der Waals surface area contributed by atoms with Crippen molar-refractivity contribution in [1.82, 2.24) is 4.72 Å². The van der Waals surface area contributed by atoms with Gasteiger partial charge >= 0.3 is 0 Å². The number of aliphatic hydroxyl groups is 1. The molecule has 0 fully saturated rings. The second kappa shape index (κ2) is 7.00. The van der Waals surface area contributed by atoms with Crippen LogP contribution in [0.2, 0.25) is 0 Å². The zero-order valence-corrected chi connectivity index (χ0v) is 12.9. The fourth-order valence-electron chi connectivity index (χ4n) is 2.17. The van der Waals surface area contributed by atoms with Crippen molar-refractivity contribution < 1.29 is 17.9 Å². The number of benzene rings is 2. The number of hydrogen-bond acceptors (Lipinski definition) is 3. The van der Waals surface area contributed by atoms with Crippen LogP contribution in [0.4, 0.5) is 4.39 Å². The third kappa shape index (κ3) is 3.71. The summed E-state index contributed by atoms with van der Waals surface area (Å²) in [5, 5.41) is 10.3. The number of halogens is 1. The van der Waals surface area contributed by atoms with E-state index in [4.69, 9.17) is 0 Å². The Kier molecular flexibility index (Phi) is 5.28. The summed E-state index contributed by atoms with van der Waals surface area (Å²) in [5.41, 5.74) is 0.0742. The number of aliphatic hydroxyl groups excluding tert-OH is 1. The van der Waals surface area contributed by atoms with Gasteiger partial charge in [-0.3, -0.25) is 0 Å². The van der Waals surface area contributed by atoms with Crippen LogP contribution in [0.1, 0.15) is 25.0 Å². The molecule has 118 valence electrons. The van der Waals surface area contributed by atoms with Crippen LogP contribution in [0.3, 0.4) is 0 Å². The summed E-state index contributed by atoms with van der Waals surface area (Å²) in [6.07, 6.45) is -0.939. The SMILES string of the molecule is CC[C@@H](NS(=O)(=O)c1ccccc1)[C@H](O)c1ccccc1F. The number of nitrogens with one attached hydrogen (secondary N) is 1. The molecular weight excluding hydrogens is 305 g/mol. The van der Waals surface area contributed by atoms with Gasteiger partial charge in [-0.05, 0) is 24.6 Å². The third-order valence-electron chi connectivity index (χ3n) is 3.40. The van der Waals surface area contributed by atoms with Crippen molar-refractivity contribution in [2.75, 3.05) is 0 Å². The van der Waals surface area contributed by atoms with E-state index in [0.29, 0.717) is 6.42 Å². The van der Waals surface area contributed by atoms with Crippen molar-refractivity contribution in [3.05, 3.63) is 66.0 Å². The highest BCUT2D eigenvalue weighted by Crippen LogP contribution is 2.23. The normalized spacial score (nSPS) is 14.5. The van der Waals surface area contributed by atoms with Crippen molar-refractivity contribution in [3.8, 4) is 0 Å². The summed E-state index contributed by atoms with van der Waals surface area (Å²) in [5.74, 6) is -0.563. The lowest BCUT2D eigenvalue weighted by atomic mass is 10.0. The molecule has 2 N–H and O–H groups in total. The van der Waals surface area contributed by atoms with Gasteiger partial charge in [-0.1, -0.05) is 43.3 Å². The number of sulfonamides is 1. The van der Waals surface area contributed by atoms with Crippen LogP contribution >= 0.6 is 0 Å². The highest BCUT2D eigenvalue weighted by molar-refractivity contribution is 7.89. The van der Waals surface area contributed by atoms with Crippen LogP contribution in [0, 0.1) is 5.82 Å². The van der Waals surface area contributed by atoms with E-state index in [-0.39, 0.29) is 10.5 Å². The van der Waals surface area contributed by atoms with Crippen molar-refractivity contribution in [1.29, 1.82) is 0 Å². The van der Waals surface area contributed by atoms with Gasteiger partial charge in [0.1, 0.15) is 5.82 Å². The highest BCUT2D eigenvalue weighted by atomic mass is 32.2. The molecule has 0 heterocycles. The maximum Gasteiger partial charge on any atom is 0.240 e. The van der Waals surface area contributed by atoms with Crippen LogP contribution in [-0.2, 0) is 10.0 Å². The summed E-state index contributed by atoms with van der Waals surface area (Å²) in [6.45, 7) is 1.72. The van der Waals surface area contributed by atoms with E-state index in [9.17, 15) is 17.9 Å². The number of hydrogen-bond donors (Lipinski definition) is 2. The molecule has 2 aromatic carbocycles. The zero-order chi connectivity index (χ0) is 16.2. The Bertz CT molecular complexity index is 719. The van der Waals surface area contributed by atoms with Gasteiger partial charge in [0.25, 0.3) is 0 Å². The molecule has 0 aliphatic rings. The lowest BCUT2D eigenvalue weighted by Crippen LogP contribution is -2.39. The van der Waals surface area contributed by atoms with E-state index in [1.165, 1.54) is 30.3 Å². The number of rotatable bonds is 6. The molecule has 0 aliphatic carbocycles. The first kappa shape index (κ1) is 16.6. The summed E-state index contributed by atoms with van der Waals surface area (Å²) >= 11 is 0. The Morgan fingerprint density at radius 2 is 1.68 bits per heavy atom. The minimum Gasteiger partial charge on any atom is -0.387 e. The molecular formula is C16H18FNO3S. The fourth-order valence-corrected chi connectivity index (χ4v) is 3.52. The van der Waals surface area contributed by atoms with Crippen molar-refractivity contribution in [3.63, 3.8) is 0 Å². The van der Waals surface area contributed by atoms with Gasteiger partial charge in [0.15, 0.2) is 0 Å². The van der Waals surface area contributed by atoms with Gasteiger partial charge in [0, 0.05) is 5.56 Å². The van der Waals surface area contributed by atoms with E-state index in [1.807, 2.05) is 0 Å². The van der Waals surface area contributed by atoms with Gasteiger partial charge in [-0.25, -0.2) is 17.5 Å². The molecule has 22 heavy (non-hydrogen) atoms. The van der Waals surface area contributed by atoms with E-state index < -0.39 is 28.0 Å². The second-order valence-corrected chi connectivity index (χ2v) is 6.63. The highest BCUT2D eigenvalue weighted by Gasteiger charge is 2.27. The van der Waals surface area contributed by atoms with E-state index in [1.54, 1.807) is 31.2 Å². The molecule has 0 aliphatic heterocycles. The van der Waals surface area contributed by atoms with Gasteiger partial charge in [-0.2, -0.15) is 0 Å². The molecule has 0 spiro atoms. The van der Waals surface area contributed by atoms with Crippen LogP contribution in [0.5, 0.6) is 0 Å². The van der Waals surface area contributed by atoms with E-state index in [2.05, 4.69) is 4.72 Å². The molecule has 0 unspecified atom stereocenters. The lowest BCUT2D eigenvalue weighted by molar-refractivity contribution is 0.133. The van der Waals surface area contributed by atoms with Crippen molar-refractivity contribution in [2.45, 2.75) is 30.4 Å². The molecule has 2 atom stereocenters. The molecule has 2 aromatic rings. The molecule has 0 radical (unpaired) electrons. The smallest absolute Gasteiger partial charge is 0.240 e. The molecule has 0 bridgehead atoms. The third-order valence-corrected chi connectivity index (χ3v) is 4.91. The Balaban J connectivity index is 2.24. The fraction of sp³-hybridized carbons (Fsp3) is 0.250. The summed E-state index contributed by atoms with van der Waals surface area (Å²) < 4.78 is 40.8. The van der Waals surface area contributed by atoms with Gasteiger partial charge < -0.3 is 5.11 Å².